The number of carboxylic acid groups (broad SMARTS) is 1. The van der Waals surface area contributed by atoms with Crippen LogP contribution in [0.25, 0.3) is 5.65 Å². The van der Waals surface area contributed by atoms with Gasteiger partial charge in [0.05, 0.1) is 6.20 Å². The van der Waals surface area contributed by atoms with Crippen LogP contribution in [0.5, 0.6) is 0 Å². The topological polar surface area (TPSA) is 156 Å². The van der Waals surface area contributed by atoms with Crippen LogP contribution in [0.2, 0.25) is 5.15 Å². The van der Waals surface area contributed by atoms with Crippen molar-refractivity contribution < 1.29 is 28.9 Å². The molecule has 0 unspecified atom stereocenters. The number of carbonyl (C=O) groups is 3. The van der Waals surface area contributed by atoms with E-state index in [0.717, 1.165) is 17.0 Å². The molecule has 0 bridgehead atoms. The molecule has 1 fully saturated rings. The van der Waals surface area contributed by atoms with Crippen molar-refractivity contribution in [2.45, 2.75) is 18.0 Å². The van der Waals surface area contributed by atoms with Crippen LogP contribution in [0.1, 0.15) is 5.69 Å². The van der Waals surface area contributed by atoms with E-state index >= 15 is 0 Å². The molecule has 3 aromatic rings. The van der Waals surface area contributed by atoms with Gasteiger partial charge in [-0.25, -0.2) is 14.3 Å². The number of thiazole rings is 1. The van der Waals surface area contributed by atoms with E-state index in [1.807, 2.05) is 22.8 Å². The van der Waals surface area contributed by atoms with Crippen molar-refractivity contribution in [2.24, 2.45) is 5.16 Å². The van der Waals surface area contributed by atoms with Gasteiger partial charge in [-0.2, -0.15) is 4.40 Å². The average Bonchev–Trinajstić information content (AvgIpc) is 3.43. The minimum atomic E-state index is -1.22. The number of rotatable bonds is 7. The van der Waals surface area contributed by atoms with E-state index in [2.05, 4.69) is 15.5 Å². The monoisotopic (exact) mass is 548 g/mol. The third-order valence-corrected chi connectivity index (χ3v) is 7.98. The Morgan fingerprint density at radius 1 is 1.44 bits per heavy atom. The summed E-state index contributed by atoms with van der Waals surface area (Å²) in [5, 5.41) is 18.0. The SMILES string of the molecule is CO/N=C(\C(=O)N[C@@H]1C(=O)N2C(C(=O)O)=C(C[n+]3cc(Cl)n4ccccc43)CS[C@@H]12)c1csc(N)n1. The normalized spacial score (nSPS) is 19.8. The first-order chi connectivity index (χ1) is 17.3. The van der Waals surface area contributed by atoms with Crippen molar-refractivity contribution in [3.8, 4) is 0 Å². The number of nitrogens with zero attached hydrogens (tertiary/aromatic N) is 5. The number of hydrogen-bond acceptors (Lipinski definition) is 9. The molecule has 12 nitrogen and oxygen atoms in total. The van der Waals surface area contributed by atoms with Gasteiger partial charge in [-0.15, -0.1) is 23.1 Å². The van der Waals surface area contributed by atoms with E-state index in [9.17, 15) is 19.5 Å². The van der Waals surface area contributed by atoms with E-state index in [4.69, 9.17) is 22.2 Å². The highest BCUT2D eigenvalue weighted by Crippen LogP contribution is 2.40. The Hall–Kier alpha value is -3.62. The lowest BCUT2D eigenvalue weighted by atomic mass is 10.0. The number of thioether (sulfide) groups is 1. The molecule has 36 heavy (non-hydrogen) atoms. The maximum absolute atomic E-state index is 13.0. The zero-order valence-corrected chi connectivity index (χ0v) is 21.0. The lowest BCUT2D eigenvalue weighted by molar-refractivity contribution is -0.662. The van der Waals surface area contributed by atoms with Gasteiger partial charge in [0, 0.05) is 22.8 Å². The Kier molecular flexibility index (Phi) is 6.32. The van der Waals surface area contributed by atoms with E-state index in [-0.39, 0.29) is 28.8 Å². The van der Waals surface area contributed by atoms with E-state index in [1.165, 1.54) is 23.8 Å². The maximum atomic E-state index is 13.0. The number of pyridine rings is 1. The standard InChI is InChI=1S/C21H18ClN7O5S2/c1-34-26-14(11-9-36-21(23)24-11)17(30)25-15-18(31)29-16(20(32)33)10(8-35-19(15)29)6-27-7-12(22)28-5-3-2-4-13(27)28/h2-5,7,9,15,19H,6,8H2,1H3,(H3-,23,24,25,30,32,33)/p+1/b26-14-/t15-,19+/m1/s1. The number of halogens is 1. The number of β-lactam (4-membered cyclic amide) rings is 1. The highest BCUT2D eigenvalue weighted by atomic mass is 35.5. The highest BCUT2D eigenvalue weighted by molar-refractivity contribution is 8.00. The Bertz CT molecular complexity index is 1470. The van der Waals surface area contributed by atoms with Crippen LogP contribution in [0, 0.1) is 0 Å². The summed E-state index contributed by atoms with van der Waals surface area (Å²) in [6.07, 6.45) is 3.52. The van der Waals surface area contributed by atoms with E-state index in [1.54, 1.807) is 22.2 Å². The fourth-order valence-electron chi connectivity index (χ4n) is 4.14. The number of anilines is 1. The van der Waals surface area contributed by atoms with Crippen LogP contribution in [0.3, 0.4) is 0 Å². The molecule has 186 valence electrons. The zero-order valence-electron chi connectivity index (χ0n) is 18.6. The molecule has 2 aliphatic rings. The number of hydrogen-bond donors (Lipinski definition) is 3. The number of amides is 2. The predicted octanol–water partition coefficient (Wildman–Crippen LogP) is 0.708. The number of carboxylic acids is 1. The summed E-state index contributed by atoms with van der Waals surface area (Å²) in [6.45, 7) is 0.234. The summed E-state index contributed by atoms with van der Waals surface area (Å²) in [5.41, 5.74) is 6.96. The molecular weight excluding hydrogens is 530 g/mol. The van der Waals surface area contributed by atoms with Crippen LogP contribution < -0.4 is 15.6 Å². The number of carbonyl (C=O) groups excluding carboxylic acids is 2. The predicted molar refractivity (Wildman–Crippen MR) is 132 cm³/mol. The molecule has 5 rings (SSSR count). The Balaban J connectivity index is 1.38. The molecule has 2 aliphatic heterocycles. The number of aliphatic carboxylic acids is 1. The number of nitrogen functional groups attached to an aromatic ring is 1. The zero-order chi connectivity index (χ0) is 25.6. The van der Waals surface area contributed by atoms with Crippen LogP contribution in [0.4, 0.5) is 5.13 Å². The van der Waals surface area contributed by atoms with Crippen molar-refractivity contribution in [2.75, 3.05) is 18.6 Å². The molecule has 0 radical (unpaired) electrons. The summed E-state index contributed by atoms with van der Waals surface area (Å²) in [7, 11) is 1.28. The van der Waals surface area contributed by atoms with Gasteiger partial charge in [0.15, 0.2) is 17.0 Å². The van der Waals surface area contributed by atoms with Crippen LogP contribution in [-0.2, 0) is 25.8 Å². The van der Waals surface area contributed by atoms with Gasteiger partial charge in [-0.1, -0.05) is 11.2 Å². The maximum Gasteiger partial charge on any atom is 0.352 e. The van der Waals surface area contributed by atoms with Gasteiger partial charge in [0.25, 0.3) is 17.5 Å². The fraction of sp³-hybridized carbons (Fsp3) is 0.238. The molecule has 5 heterocycles. The van der Waals surface area contributed by atoms with Crippen molar-refractivity contribution in [3.05, 3.63) is 58.1 Å². The van der Waals surface area contributed by atoms with Crippen LogP contribution in [-0.4, -0.2) is 67.2 Å². The number of fused-ring (bicyclic) bond motifs is 2. The lowest BCUT2D eigenvalue weighted by Crippen LogP contribution is -2.71. The van der Waals surface area contributed by atoms with Crippen LogP contribution in [0.15, 0.2) is 52.4 Å². The second-order valence-electron chi connectivity index (χ2n) is 7.82. The second kappa shape index (κ2) is 9.44. The molecular formula is C21H19ClN7O5S2+. The van der Waals surface area contributed by atoms with Gasteiger partial charge in [0.2, 0.25) is 5.15 Å². The summed E-state index contributed by atoms with van der Waals surface area (Å²) in [5.74, 6) is -2.09. The number of imidazole rings is 1. The fourth-order valence-corrected chi connectivity index (χ4v) is 6.29. The van der Waals surface area contributed by atoms with Crippen molar-refractivity contribution >= 4 is 69.0 Å². The van der Waals surface area contributed by atoms with E-state index in [0.29, 0.717) is 16.5 Å². The summed E-state index contributed by atoms with van der Waals surface area (Å²) < 4.78 is 3.61. The number of nitrogens with two attached hydrogens (primary N) is 1. The first kappa shape index (κ1) is 24.1. The molecule has 0 spiro atoms. The summed E-state index contributed by atoms with van der Waals surface area (Å²) in [6, 6.07) is 4.62. The average molecular weight is 549 g/mol. The van der Waals surface area contributed by atoms with Gasteiger partial charge in [-0.05, 0) is 17.7 Å². The first-order valence-electron chi connectivity index (χ1n) is 10.5. The van der Waals surface area contributed by atoms with Gasteiger partial charge >= 0.3 is 5.97 Å². The minimum absolute atomic E-state index is 0.0915. The Morgan fingerprint density at radius 3 is 2.94 bits per heavy atom. The molecule has 1 saturated heterocycles. The highest BCUT2D eigenvalue weighted by Gasteiger charge is 2.54. The molecule has 0 saturated carbocycles. The van der Waals surface area contributed by atoms with Crippen LogP contribution >= 0.6 is 34.7 Å². The number of nitrogens with one attached hydrogen (secondary N) is 1. The quantitative estimate of drug-likeness (QED) is 0.169. The van der Waals surface area contributed by atoms with Gasteiger partial charge < -0.3 is 21.0 Å². The molecule has 4 N–H and O–H groups in total. The number of oxime groups is 1. The molecule has 2 atom stereocenters. The number of aromatic nitrogens is 3. The third-order valence-electron chi connectivity index (χ3n) is 5.68. The largest absolute Gasteiger partial charge is 0.477 e. The molecule has 15 heteroatoms. The Morgan fingerprint density at radius 2 is 2.25 bits per heavy atom. The smallest absolute Gasteiger partial charge is 0.352 e. The van der Waals surface area contributed by atoms with Gasteiger partial charge in [-0.3, -0.25) is 14.5 Å². The summed E-state index contributed by atoms with van der Waals surface area (Å²) in [4.78, 5) is 48.2. The minimum Gasteiger partial charge on any atom is -0.477 e. The Labute approximate surface area is 217 Å². The molecule has 0 aliphatic carbocycles. The van der Waals surface area contributed by atoms with Crippen molar-refractivity contribution in [3.63, 3.8) is 0 Å². The van der Waals surface area contributed by atoms with E-state index < -0.39 is 29.2 Å². The molecule has 3 aromatic heterocycles. The lowest BCUT2D eigenvalue weighted by Gasteiger charge is -2.49. The first-order valence-corrected chi connectivity index (χ1v) is 12.8. The summed E-state index contributed by atoms with van der Waals surface area (Å²) >= 11 is 8.80. The van der Waals surface area contributed by atoms with Crippen molar-refractivity contribution in [1.29, 1.82) is 0 Å². The van der Waals surface area contributed by atoms with Crippen molar-refractivity contribution in [1.82, 2.24) is 19.6 Å². The molecule has 2 amide bonds. The third kappa shape index (κ3) is 4.06. The molecule has 0 aromatic carbocycles. The second-order valence-corrected chi connectivity index (χ2v) is 10.2. The van der Waals surface area contributed by atoms with Gasteiger partial charge in [0.1, 0.15) is 36.5 Å².